The first kappa shape index (κ1) is 13.7. The van der Waals surface area contributed by atoms with Crippen LogP contribution in [0.5, 0.6) is 5.75 Å². The number of para-hydroxylation sites is 1. The third kappa shape index (κ3) is 2.91. The topological polar surface area (TPSA) is 56.1 Å². The zero-order chi connectivity index (χ0) is 14.8. The number of aromatic nitrogens is 2. The predicted molar refractivity (Wildman–Crippen MR) is 78.9 cm³/mol. The average molecular weight is 285 g/mol. The zero-order valence-corrected chi connectivity index (χ0v) is 12.3. The molecule has 1 aromatic heterocycles. The molecule has 0 aliphatic carbocycles. The molecule has 2 aromatic rings. The largest absolute Gasteiger partial charge is 0.492 e. The lowest BCUT2D eigenvalue weighted by molar-refractivity contribution is -0.126. The summed E-state index contributed by atoms with van der Waals surface area (Å²) in [5.74, 6) is 0.793. The van der Waals surface area contributed by atoms with Crippen molar-refractivity contribution in [2.45, 2.75) is 19.9 Å². The van der Waals surface area contributed by atoms with Crippen molar-refractivity contribution in [1.82, 2.24) is 15.1 Å². The molecule has 5 heteroatoms. The van der Waals surface area contributed by atoms with Crippen LogP contribution in [0.3, 0.4) is 0 Å². The Morgan fingerprint density at radius 2 is 2.29 bits per heavy atom. The van der Waals surface area contributed by atoms with E-state index >= 15 is 0 Å². The zero-order valence-electron chi connectivity index (χ0n) is 12.3. The maximum Gasteiger partial charge on any atom is 0.227 e. The summed E-state index contributed by atoms with van der Waals surface area (Å²) < 4.78 is 7.45. The lowest BCUT2D eigenvalue weighted by atomic mass is 9.96. The molecular weight excluding hydrogens is 266 g/mol. The number of carbonyl (C=O) groups excluding carboxylic acids is 1. The number of rotatable bonds is 3. The van der Waals surface area contributed by atoms with Crippen molar-refractivity contribution >= 4 is 5.91 Å². The van der Waals surface area contributed by atoms with Gasteiger partial charge in [-0.15, -0.1) is 0 Å². The number of ether oxygens (including phenoxy) is 1. The number of nitrogens with one attached hydrogen (secondary N) is 1. The molecule has 0 spiro atoms. The first-order valence-corrected chi connectivity index (χ1v) is 7.11. The van der Waals surface area contributed by atoms with Crippen molar-refractivity contribution in [3.63, 3.8) is 0 Å². The van der Waals surface area contributed by atoms with E-state index in [4.69, 9.17) is 4.74 Å². The number of nitrogens with zero attached hydrogens (tertiary/aromatic N) is 2. The Balaban J connectivity index is 1.61. The second-order valence-corrected chi connectivity index (χ2v) is 5.44. The first-order chi connectivity index (χ1) is 10.1. The lowest BCUT2D eigenvalue weighted by Gasteiger charge is -2.24. The van der Waals surface area contributed by atoms with Crippen molar-refractivity contribution in [3.8, 4) is 5.75 Å². The summed E-state index contributed by atoms with van der Waals surface area (Å²) >= 11 is 0. The van der Waals surface area contributed by atoms with Gasteiger partial charge in [0.2, 0.25) is 5.91 Å². The molecule has 1 amide bonds. The van der Waals surface area contributed by atoms with E-state index in [-0.39, 0.29) is 11.8 Å². The first-order valence-electron chi connectivity index (χ1n) is 7.11. The van der Waals surface area contributed by atoms with E-state index in [9.17, 15) is 4.79 Å². The van der Waals surface area contributed by atoms with E-state index in [1.54, 1.807) is 4.68 Å². The second-order valence-electron chi connectivity index (χ2n) is 5.44. The molecule has 0 unspecified atom stereocenters. The standard InChI is InChI=1S/C16H19N3O2/c1-11-7-14(19(2)18-11)9-17-16(20)13-8-12-5-3-4-6-15(12)21-10-13/h3-7,13H,8-10H2,1-2H3,(H,17,20)/t13-/m0/s1. The molecule has 0 saturated carbocycles. The Kier molecular flexibility index (Phi) is 3.64. The van der Waals surface area contributed by atoms with E-state index in [0.29, 0.717) is 13.2 Å². The predicted octanol–water partition coefficient (Wildman–Crippen LogP) is 1.60. The highest BCUT2D eigenvalue weighted by Crippen LogP contribution is 2.26. The molecule has 5 nitrogen and oxygen atoms in total. The number of hydrogen-bond acceptors (Lipinski definition) is 3. The summed E-state index contributed by atoms with van der Waals surface area (Å²) in [6.45, 7) is 2.87. The van der Waals surface area contributed by atoms with Crippen LogP contribution in [-0.4, -0.2) is 22.3 Å². The van der Waals surface area contributed by atoms with Crippen molar-refractivity contribution in [2.75, 3.05) is 6.61 Å². The maximum atomic E-state index is 12.3. The molecule has 1 N–H and O–H groups in total. The Morgan fingerprint density at radius 3 is 3.05 bits per heavy atom. The summed E-state index contributed by atoms with van der Waals surface area (Å²) in [5, 5.41) is 7.25. The van der Waals surface area contributed by atoms with Crippen LogP contribution in [0.4, 0.5) is 0 Å². The van der Waals surface area contributed by atoms with Crippen LogP contribution in [-0.2, 0) is 24.8 Å². The molecule has 1 aliphatic rings. The minimum Gasteiger partial charge on any atom is -0.492 e. The van der Waals surface area contributed by atoms with Gasteiger partial charge in [-0.25, -0.2) is 0 Å². The quantitative estimate of drug-likeness (QED) is 0.932. The number of aryl methyl sites for hydroxylation is 2. The fourth-order valence-corrected chi connectivity index (χ4v) is 2.65. The molecular formula is C16H19N3O2. The smallest absolute Gasteiger partial charge is 0.227 e. The second kappa shape index (κ2) is 5.60. The Hall–Kier alpha value is -2.30. The van der Waals surface area contributed by atoms with Crippen molar-refractivity contribution < 1.29 is 9.53 Å². The van der Waals surface area contributed by atoms with Crippen LogP contribution in [0, 0.1) is 12.8 Å². The molecule has 1 atom stereocenters. The average Bonchev–Trinajstić information content (AvgIpc) is 2.82. The summed E-state index contributed by atoms with van der Waals surface area (Å²) in [4.78, 5) is 12.3. The summed E-state index contributed by atoms with van der Waals surface area (Å²) in [6, 6.07) is 9.86. The highest BCUT2D eigenvalue weighted by Gasteiger charge is 2.25. The summed E-state index contributed by atoms with van der Waals surface area (Å²) in [5.41, 5.74) is 3.05. The molecule has 21 heavy (non-hydrogen) atoms. The van der Waals surface area contributed by atoms with E-state index < -0.39 is 0 Å². The lowest BCUT2D eigenvalue weighted by Crippen LogP contribution is -2.37. The normalized spacial score (nSPS) is 17.0. The number of amides is 1. The minimum absolute atomic E-state index is 0.0309. The highest BCUT2D eigenvalue weighted by atomic mass is 16.5. The molecule has 3 rings (SSSR count). The van der Waals surface area contributed by atoms with Gasteiger partial charge in [-0.2, -0.15) is 5.10 Å². The molecule has 1 aromatic carbocycles. The summed E-state index contributed by atoms with van der Waals surface area (Å²) in [7, 11) is 1.88. The molecule has 0 bridgehead atoms. The third-order valence-corrected chi connectivity index (χ3v) is 3.79. The number of carbonyl (C=O) groups is 1. The van der Waals surface area contributed by atoms with Crippen LogP contribution in [0.1, 0.15) is 17.0 Å². The van der Waals surface area contributed by atoms with Gasteiger partial charge >= 0.3 is 0 Å². The van der Waals surface area contributed by atoms with Gasteiger partial charge in [0.05, 0.1) is 23.9 Å². The van der Waals surface area contributed by atoms with Gasteiger partial charge < -0.3 is 10.1 Å². The Labute approximate surface area is 123 Å². The highest BCUT2D eigenvalue weighted by molar-refractivity contribution is 5.79. The molecule has 1 aliphatic heterocycles. The number of fused-ring (bicyclic) bond motifs is 1. The Bertz CT molecular complexity index is 663. The fraction of sp³-hybridized carbons (Fsp3) is 0.375. The number of hydrogen-bond donors (Lipinski definition) is 1. The molecule has 110 valence electrons. The van der Waals surface area contributed by atoms with Gasteiger partial charge in [0, 0.05) is 7.05 Å². The van der Waals surface area contributed by atoms with Crippen LogP contribution >= 0.6 is 0 Å². The van der Waals surface area contributed by atoms with Crippen LogP contribution in [0.15, 0.2) is 30.3 Å². The van der Waals surface area contributed by atoms with Gasteiger partial charge in [0.25, 0.3) is 0 Å². The molecule has 0 radical (unpaired) electrons. The molecule has 0 fully saturated rings. The van der Waals surface area contributed by atoms with Crippen LogP contribution in [0.25, 0.3) is 0 Å². The van der Waals surface area contributed by atoms with E-state index in [2.05, 4.69) is 10.4 Å². The fourth-order valence-electron chi connectivity index (χ4n) is 2.65. The van der Waals surface area contributed by atoms with E-state index in [1.807, 2.05) is 44.3 Å². The van der Waals surface area contributed by atoms with Gasteiger partial charge in [-0.05, 0) is 31.0 Å². The van der Waals surface area contributed by atoms with E-state index in [0.717, 1.165) is 29.1 Å². The number of benzene rings is 1. The van der Waals surface area contributed by atoms with Gasteiger partial charge in [-0.1, -0.05) is 18.2 Å². The van der Waals surface area contributed by atoms with E-state index in [1.165, 1.54) is 0 Å². The monoisotopic (exact) mass is 285 g/mol. The van der Waals surface area contributed by atoms with Crippen LogP contribution in [0.2, 0.25) is 0 Å². The minimum atomic E-state index is -0.130. The molecule has 2 heterocycles. The van der Waals surface area contributed by atoms with Crippen LogP contribution < -0.4 is 10.1 Å². The van der Waals surface area contributed by atoms with Crippen molar-refractivity contribution in [1.29, 1.82) is 0 Å². The Morgan fingerprint density at radius 1 is 1.48 bits per heavy atom. The van der Waals surface area contributed by atoms with Gasteiger partial charge in [0.1, 0.15) is 12.4 Å². The van der Waals surface area contributed by atoms with Gasteiger partial charge in [0.15, 0.2) is 0 Å². The summed E-state index contributed by atoms with van der Waals surface area (Å²) in [6.07, 6.45) is 0.729. The SMILES string of the molecule is Cc1cc(CNC(=O)[C@@H]2COc3ccccc3C2)n(C)n1. The molecule has 0 saturated heterocycles. The third-order valence-electron chi connectivity index (χ3n) is 3.79. The maximum absolute atomic E-state index is 12.3. The van der Waals surface area contributed by atoms with Crippen molar-refractivity contribution in [2.24, 2.45) is 13.0 Å². The van der Waals surface area contributed by atoms with Crippen molar-refractivity contribution in [3.05, 3.63) is 47.3 Å². The van der Waals surface area contributed by atoms with Gasteiger partial charge in [-0.3, -0.25) is 9.48 Å².